The molecule has 0 saturated carbocycles. The predicted molar refractivity (Wildman–Crippen MR) is 74.1 cm³/mol. The Bertz CT molecular complexity index is 286. The van der Waals surface area contributed by atoms with Crippen LogP contribution in [-0.2, 0) is 0 Å². The highest BCUT2D eigenvalue weighted by molar-refractivity contribution is 9.09. The molecule has 15 heavy (non-hydrogen) atoms. The van der Waals surface area contributed by atoms with Crippen molar-refractivity contribution in [1.29, 1.82) is 0 Å². The summed E-state index contributed by atoms with van der Waals surface area (Å²) < 4.78 is 0. The Balaban J connectivity index is 2.25. The molecular formula is C13H19BrS. The second-order valence-electron chi connectivity index (χ2n) is 4.04. The van der Waals surface area contributed by atoms with Gasteiger partial charge in [0, 0.05) is 10.2 Å². The standard InChI is InChI=1S/C13H19BrS/c1-11(6-8-14)7-9-15-13-5-3-4-12(2)10-13/h3-5,10-11H,6-9H2,1-2H3. The van der Waals surface area contributed by atoms with Gasteiger partial charge >= 0.3 is 0 Å². The van der Waals surface area contributed by atoms with Crippen LogP contribution in [0.3, 0.4) is 0 Å². The van der Waals surface area contributed by atoms with Crippen molar-refractivity contribution in [2.75, 3.05) is 11.1 Å². The van der Waals surface area contributed by atoms with Gasteiger partial charge in [0.15, 0.2) is 0 Å². The largest absolute Gasteiger partial charge is 0.126 e. The van der Waals surface area contributed by atoms with Gasteiger partial charge in [0.25, 0.3) is 0 Å². The molecule has 0 aliphatic rings. The Morgan fingerprint density at radius 1 is 1.33 bits per heavy atom. The number of halogens is 1. The molecule has 0 aliphatic heterocycles. The van der Waals surface area contributed by atoms with Gasteiger partial charge in [-0.1, -0.05) is 40.5 Å². The number of benzene rings is 1. The van der Waals surface area contributed by atoms with Gasteiger partial charge in [-0.3, -0.25) is 0 Å². The third-order valence-corrected chi connectivity index (χ3v) is 3.96. The Hall–Kier alpha value is 0.0500. The quantitative estimate of drug-likeness (QED) is 0.530. The number of alkyl halides is 1. The lowest BCUT2D eigenvalue weighted by molar-refractivity contribution is 0.555. The molecule has 1 aromatic carbocycles. The van der Waals surface area contributed by atoms with Crippen molar-refractivity contribution >= 4 is 27.7 Å². The molecule has 84 valence electrons. The zero-order chi connectivity index (χ0) is 11.1. The first-order chi connectivity index (χ1) is 7.22. The molecule has 1 rings (SSSR count). The lowest BCUT2D eigenvalue weighted by Gasteiger charge is -2.08. The number of hydrogen-bond donors (Lipinski definition) is 0. The fraction of sp³-hybridized carbons (Fsp3) is 0.538. The van der Waals surface area contributed by atoms with E-state index in [4.69, 9.17) is 0 Å². The fourth-order valence-corrected chi connectivity index (χ4v) is 3.40. The average Bonchev–Trinajstić information content (AvgIpc) is 2.18. The minimum atomic E-state index is 0.835. The highest BCUT2D eigenvalue weighted by Gasteiger charge is 2.01. The molecule has 0 radical (unpaired) electrons. The molecule has 0 aliphatic carbocycles. The highest BCUT2D eigenvalue weighted by Crippen LogP contribution is 2.22. The maximum atomic E-state index is 3.49. The van der Waals surface area contributed by atoms with Crippen molar-refractivity contribution in [2.45, 2.75) is 31.6 Å². The summed E-state index contributed by atoms with van der Waals surface area (Å²) in [6.07, 6.45) is 2.60. The van der Waals surface area contributed by atoms with Crippen molar-refractivity contribution in [3.63, 3.8) is 0 Å². The van der Waals surface area contributed by atoms with Crippen LogP contribution in [0.5, 0.6) is 0 Å². The highest BCUT2D eigenvalue weighted by atomic mass is 79.9. The summed E-state index contributed by atoms with van der Waals surface area (Å²) >= 11 is 5.46. The molecule has 0 N–H and O–H groups in total. The van der Waals surface area contributed by atoms with Crippen molar-refractivity contribution in [3.05, 3.63) is 29.8 Å². The molecule has 0 bridgehead atoms. The van der Waals surface area contributed by atoms with Crippen LogP contribution < -0.4 is 0 Å². The summed E-state index contributed by atoms with van der Waals surface area (Å²) in [6.45, 7) is 4.48. The molecule has 0 nitrogen and oxygen atoms in total. The topological polar surface area (TPSA) is 0 Å². The van der Waals surface area contributed by atoms with E-state index in [-0.39, 0.29) is 0 Å². The van der Waals surface area contributed by atoms with Crippen LogP contribution in [-0.4, -0.2) is 11.1 Å². The average molecular weight is 287 g/mol. The van der Waals surface area contributed by atoms with Crippen molar-refractivity contribution in [2.24, 2.45) is 5.92 Å². The molecule has 1 aromatic rings. The second-order valence-corrected chi connectivity index (χ2v) is 6.00. The molecular weight excluding hydrogens is 268 g/mol. The van der Waals surface area contributed by atoms with E-state index in [0.717, 1.165) is 11.2 Å². The van der Waals surface area contributed by atoms with Gasteiger partial charge in [0.2, 0.25) is 0 Å². The molecule has 2 heteroatoms. The molecule has 1 unspecified atom stereocenters. The van der Waals surface area contributed by atoms with E-state index in [1.165, 1.54) is 29.1 Å². The monoisotopic (exact) mass is 286 g/mol. The second kappa shape index (κ2) is 7.34. The summed E-state index contributed by atoms with van der Waals surface area (Å²) in [5.41, 5.74) is 1.36. The van der Waals surface area contributed by atoms with Crippen LogP contribution in [0.15, 0.2) is 29.2 Å². The maximum absolute atomic E-state index is 3.49. The lowest BCUT2D eigenvalue weighted by atomic mass is 10.1. The van der Waals surface area contributed by atoms with Crippen molar-refractivity contribution < 1.29 is 0 Å². The number of aryl methyl sites for hydroxylation is 1. The van der Waals surface area contributed by atoms with Gasteiger partial charge in [-0.25, -0.2) is 0 Å². The molecule has 0 fully saturated rings. The van der Waals surface area contributed by atoms with E-state index in [0.29, 0.717) is 0 Å². The summed E-state index contributed by atoms with van der Waals surface area (Å²) in [7, 11) is 0. The molecule has 0 saturated heterocycles. The first-order valence-electron chi connectivity index (χ1n) is 5.48. The molecule has 0 aromatic heterocycles. The Labute approximate surface area is 106 Å². The first kappa shape index (κ1) is 13.1. The van der Waals surface area contributed by atoms with E-state index >= 15 is 0 Å². The summed E-state index contributed by atoms with van der Waals surface area (Å²) in [6, 6.07) is 8.75. The van der Waals surface area contributed by atoms with Crippen molar-refractivity contribution in [3.8, 4) is 0 Å². The van der Waals surface area contributed by atoms with Crippen LogP contribution in [0.2, 0.25) is 0 Å². The van der Waals surface area contributed by atoms with E-state index in [2.05, 4.69) is 54.0 Å². The van der Waals surface area contributed by atoms with Gasteiger partial charge < -0.3 is 0 Å². The van der Waals surface area contributed by atoms with Gasteiger partial charge in [0.1, 0.15) is 0 Å². The third-order valence-electron chi connectivity index (χ3n) is 2.47. The molecule has 0 heterocycles. The van der Waals surface area contributed by atoms with Crippen LogP contribution in [0, 0.1) is 12.8 Å². The normalized spacial score (nSPS) is 12.7. The summed E-state index contributed by atoms with van der Waals surface area (Å²) in [4.78, 5) is 1.40. The fourth-order valence-electron chi connectivity index (χ4n) is 1.41. The summed E-state index contributed by atoms with van der Waals surface area (Å²) in [5, 5.41) is 1.13. The number of hydrogen-bond acceptors (Lipinski definition) is 1. The van der Waals surface area contributed by atoms with Crippen LogP contribution in [0.25, 0.3) is 0 Å². The maximum Gasteiger partial charge on any atom is 0.00745 e. The zero-order valence-corrected chi connectivity index (χ0v) is 11.9. The van der Waals surface area contributed by atoms with Gasteiger partial charge in [0.05, 0.1) is 0 Å². The Morgan fingerprint density at radius 3 is 2.80 bits per heavy atom. The van der Waals surface area contributed by atoms with E-state index in [1.807, 2.05) is 11.8 Å². The number of rotatable bonds is 6. The molecule has 0 spiro atoms. The first-order valence-corrected chi connectivity index (χ1v) is 7.58. The van der Waals surface area contributed by atoms with Gasteiger partial charge in [-0.05, 0) is 43.6 Å². The van der Waals surface area contributed by atoms with E-state index in [1.54, 1.807) is 0 Å². The third kappa shape index (κ3) is 5.62. The zero-order valence-electron chi connectivity index (χ0n) is 9.50. The van der Waals surface area contributed by atoms with Crippen LogP contribution in [0.1, 0.15) is 25.3 Å². The van der Waals surface area contributed by atoms with Crippen LogP contribution in [0.4, 0.5) is 0 Å². The van der Waals surface area contributed by atoms with E-state index < -0.39 is 0 Å². The predicted octanol–water partition coefficient (Wildman–Crippen LogP) is 4.90. The minimum Gasteiger partial charge on any atom is -0.126 e. The van der Waals surface area contributed by atoms with E-state index in [9.17, 15) is 0 Å². The molecule has 1 atom stereocenters. The Morgan fingerprint density at radius 2 is 2.13 bits per heavy atom. The van der Waals surface area contributed by atoms with Gasteiger partial charge in [-0.15, -0.1) is 11.8 Å². The molecule has 0 amide bonds. The minimum absolute atomic E-state index is 0.835. The van der Waals surface area contributed by atoms with Crippen LogP contribution >= 0.6 is 27.7 Å². The van der Waals surface area contributed by atoms with Crippen molar-refractivity contribution in [1.82, 2.24) is 0 Å². The number of thioether (sulfide) groups is 1. The smallest absolute Gasteiger partial charge is 0.00745 e. The Kier molecular flexibility index (Phi) is 6.42. The van der Waals surface area contributed by atoms with Gasteiger partial charge in [-0.2, -0.15) is 0 Å². The lowest BCUT2D eigenvalue weighted by Crippen LogP contribution is -1.96. The SMILES string of the molecule is Cc1cccc(SCCC(C)CCBr)c1. The summed E-state index contributed by atoms with van der Waals surface area (Å²) in [5.74, 6) is 2.07.